The first-order valence-corrected chi connectivity index (χ1v) is 7.34. The molecule has 0 spiro atoms. The van der Waals surface area contributed by atoms with E-state index in [2.05, 4.69) is 23.2 Å². The van der Waals surface area contributed by atoms with Crippen LogP contribution in [0.15, 0.2) is 78.0 Å². The van der Waals surface area contributed by atoms with E-state index in [1.807, 2.05) is 24.5 Å². The summed E-state index contributed by atoms with van der Waals surface area (Å²) in [7, 11) is -4.25. The minimum absolute atomic E-state index is 0.185. The molecule has 0 amide bonds. The Labute approximate surface area is 117 Å². The molecule has 0 atom stereocenters. The van der Waals surface area contributed by atoms with Crippen LogP contribution in [0, 0.1) is 0 Å². The molecule has 2 aromatic carbocycles. The van der Waals surface area contributed by atoms with E-state index in [0.717, 1.165) is 0 Å². The number of H-pyrrole nitrogens is 1. The molecular weight excluding hydrogens is 274 g/mol. The summed E-state index contributed by atoms with van der Waals surface area (Å²) < 4.78 is 30.8. The molecule has 20 heavy (non-hydrogen) atoms. The van der Waals surface area contributed by atoms with Crippen molar-refractivity contribution in [3.8, 4) is 0 Å². The molecule has 1 N–H and O–H groups in total. The van der Waals surface area contributed by atoms with Crippen LogP contribution in [0.4, 0.5) is 0 Å². The van der Waals surface area contributed by atoms with Gasteiger partial charge in [0.15, 0.2) is 12.4 Å². The quantitative estimate of drug-likeness (QED) is 0.644. The van der Waals surface area contributed by atoms with Crippen LogP contribution in [0.3, 0.4) is 0 Å². The molecule has 0 unspecified atom stereocenters. The second-order valence-electron chi connectivity index (χ2n) is 4.04. The molecule has 0 saturated heterocycles. The molecule has 0 fully saturated rings. The highest BCUT2D eigenvalue weighted by molar-refractivity contribution is 7.85. The minimum Gasteiger partial charge on any atom is -0.744 e. The van der Waals surface area contributed by atoms with Gasteiger partial charge in [-0.3, -0.25) is 0 Å². The standard InChI is InChI=1S/C9H7N.C6H6O3S/c1-2-4-9-7-10-6-5-8(9)3-1;7-10(8,9)6-4-2-1-3-5-6/h1-7H;1-5H,(H,7,8,9). The van der Waals surface area contributed by atoms with E-state index >= 15 is 0 Å². The van der Waals surface area contributed by atoms with E-state index in [1.165, 1.54) is 35.0 Å². The molecule has 0 aliphatic rings. The molecule has 0 aliphatic heterocycles. The monoisotopic (exact) mass is 287 g/mol. The number of fused-ring (bicyclic) bond motifs is 1. The Bertz CT molecular complexity index is 721. The van der Waals surface area contributed by atoms with Crippen LogP contribution < -0.4 is 4.98 Å². The van der Waals surface area contributed by atoms with E-state index in [-0.39, 0.29) is 4.90 Å². The van der Waals surface area contributed by atoms with Gasteiger partial charge in [-0.25, -0.2) is 13.4 Å². The van der Waals surface area contributed by atoms with Crippen molar-refractivity contribution in [2.45, 2.75) is 4.90 Å². The third kappa shape index (κ3) is 3.88. The molecule has 102 valence electrons. The minimum atomic E-state index is -4.25. The average molecular weight is 287 g/mol. The van der Waals surface area contributed by atoms with Crippen LogP contribution in [0.2, 0.25) is 0 Å². The molecule has 0 saturated carbocycles. The number of nitrogens with one attached hydrogen (secondary N) is 1. The Kier molecular flexibility index (Phi) is 4.45. The zero-order chi connectivity index (χ0) is 14.4. The first-order chi connectivity index (χ1) is 9.57. The molecule has 1 heterocycles. The molecule has 0 aliphatic carbocycles. The fourth-order valence-electron chi connectivity index (χ4n) is 1.66. The van der Waals surface area contributed by atoms with Gasteiger partial charge in [-0.15, -0.1) is 0 Å². The first kappa shape index (κ1) is 14.2. The van der Waals surface area contributed by atoms with Gasteiger partial charge in [-0.05, 0) is 23.6 Å². The molecule has 5 heteroatoms. The van der Waals surface area contributed by atoms with Crippen molar-refractivity contribution in [3.05, 3.63) is 73.1 Å². The van der Waals surface area contributed by atoms with E-state index in [0.29, 0.717) is 0 Å². The zero-order valence-corrected chi connectivity index (χ0v) is 11.4. The summed E-state index contributed by atoms with van der Waals surface area (Å²) in [5.41, 5.74) is 0. The third-order valence-electron chi connectivity index (χ3n) is 2.63. The van der Waals surface area contributed by atoms with Crippen molar-refractivity contribution in [2.24, 2.45) is 0 Å². The lowest BCUT2D eigenvalue weighted by molar-refractivity contribution is -0.375. The highest BCUT2D eigenvalue weighted by atomic mass is 32.2. The predicted molar refractivity (Wildman–Crippen MR) is 74.9 cm³/mol. The van der Waals surface area contributed by atoms with Crippen LogP contribution in [-0.4, -0.2) is 13.0 Å². The zero-order valence-electron chi connectivity index (χ0n) is 10.6. The van der Waals surface area contributed by atoms with Crippen molar-refractivity contribution in [2.75, 3.05) is 0 Å². The van der Waals surface area contributed by atoms with Gasteiger partial charge in [-0.1, -0.05) is 36.4 Å². The number of pyridine rings is 1. The van der Waals surface area contributed by atoms with E-state index < -0.39 is 10.1 Å². The fraction of sp³-hybridized carbons (Fsp3) is 0. The number of aromatic nitrogens is 1. The lowest BCUT2D eigenvalue weighted by Crippen LogP contribution is -1.96. The second-order valence-corrected chi connectivity index (χ2v) is 5.42. The maximum absolute atomic E-state index is 10.3. The van der Waals surface area contributed by atoms with Gasteiger partial charge >= 0.3 is 0 Å². The van der Waals surface area contributed by atoms with E-state index in [9.17, 15) is 13.0 Å². The summed E-state index contributed by atoms with van der Waals surface area (Å²) in [5.74, 6) is 0. The summed E-state index contributed by atoms with van der Waals surface area (Å²) in [4.78, 5) is 2.85. The average Bonchev–Trinajstić information content (AvgIpc) is 2.48. The number of hydrogen-bond acceptors (Lipinski definition) is 3. The Hall–Kier alpha value is -2.24. The Morgan fingerprint density at radius 1 is 0.800 bits per heavy atom. The van der Waals surface area contributed by atoms with Gasteiger partial charge in [0, 0.05) is 11.5 Å². The van der Waals surface area contributed by atoms with E-state index in [4.69, 9.17) is 0 Å². The number of benzene rings is 2. The lowest BCUT2D eigenvalue weighted by Gasteiger charge is -2.04. The number of rotatable bonds is 1. The molecular formula is C15H13NO3S. The van der Waals surface area contributed by atoms with Crippen LogP contribution >= 0.6 is 0 Å². The van der Waals surface area contributed by atoms with Gasteiger partial charge in [-0.2, -0.15) is 0 Å². The SMILES string of the molecule is O=S(=O)([O-])c1ccccc1.c1ccc2c[nH+]ccc2c1. The highest BCUT2D eigenvalue weighted by Gasteiger charge is 1.95. The summed E-state index contributed by atoms with van der Waals surface area (Å²) in [6.45, 7) is 0. The van der Waals surface area contributed by atoms with Gasteiger partial charge in [0.25, 0.3) is 0 Å². The van der Waals surface area contributed by atoms with Crippen LogP contribution in [0.5, 0.6) is 0 Å². The number of aromatic amines is 1. The second kappa shape index (κ2) is 6.27. The summed E-state index contributed by atoms with van der Waals surface area (Å²) in [6.07, 6.45) is 3.93. The molecule has 3 rings (SSSR count). The Morgan fingerprint density at radius 3 is 1.95 bits per heavy atom. The van der Waals surface area contributed by atoms with Gasteiger partial charge in [0.05, 0.1) is 4.90 Å². The van der Waals surface area contributed by atoms with Crippen molar-refractivity contribution in [3.63, 3.8) is 0 Å². The van der Waals surface area contributed by atoms with Crippen molar-refractivity contribution in [1.29, 1.82) is 0 Å². The Balaban J connectivity index is 0.000000147. The highest BCUT2D eigenvalue weighted by Crippen LogP contribution is 2.08. The maximum Gasteiger partial charge on any atom is 0.174 e. The third-order valence-corrected chi connectivity index (χ3v) is 3.48. The lowest BCUT2D eigenvalue weighted by atomic mass is 10.2. The fourth-order valence-corrected chi connectivity index (χ4v) is 2.15. The van der Waals surface area contributed by atoms with Gasteiger partial charge < -0.3 is 4.55 Å². The van der Waals surface area contributed by atoms with Crippen LogP contribution in [0.1, 0.15) is 0 Å². The molecule has 1 aromatic heterocycles. The van der Waals surface area contributed by atoms with Crippen molar-refractivity contribution in [1.82, 2.24) is 0 Å². The van der Waals surface area contributed by atoms with E-state index in [1.54, 1.807) is 6.07 Å². The molecule has 0 radical (unpaired) electrons. The molecule has 4 nitrogen and oxygen atoms in total. The normalized spacial score (nSPS) is 10.7. The summed E-state index contributed by atoms with van der Waals surface area (Å²) in [5, 5.41) is 2.53. The largest absolute Gasteiger partial charge is 0.744 e. The molecule has 3 aromatic rings. The number of hydrogen-bond donors (Lipinski definition) is 0. The first-order valence-electron chi connectivity index (χ1n) is 5.93. The smallest absolute Gasteiger partial charge is 0.174 e. The predicted octanol–water partition coefficient (Wildman–Crippen LogP) is 2.24. The Morgan fingerprint density at radius 2 is 1.40 bits per heavy atom. The van der Waals surface area contributed by atoms with Crippen LogP contribution in [-0.2, 0) is 10.1 Å². The maximum atomic E-state index is 10.3. The van der Waals surface area contributed by atoms with Crippen molar-refractivity contribution < 1.29 is 18.0 Å². The van der Waals surface area contributed by atoms with Gasteiger partial charge in [0.1, 0.15) is 10.1 Å². The molecule has 0 bridgehead atoms. The topological polar surface area (TPSA) is 71.3 Å². The van der Waals surface area contributed by atoms with Gasteiger partial charge in [0.2, 0.25) is 0 Å². The summed E-state index contributed by atoms with van der Waals surface area (Å²) >= 11 is 0. The van der Waals surface area contributed by atoms with Crippen LogP contribution in [0.25, 0.3) is 10.8 Å². The summed E-state index contributed by atoms with van der Waals surface area (Å²) in [6, 6.07) is 17.5. The van der Waals surface area contributed by atoms with Crippen molar-refractivity contribution >= 4 is 20.9 Å².